The highest BCUT2D eigenvalue weighted by molar-refractivity contribution is 6.46. The van der Waals surface area contributed by atoms with E-state index < -0.39 is 17.7 Å². The minimum absolute atomic E-state index is 0.113. The summed E-state index contributed by atoms with van der Waals surface area (Å²) in [5, 5.41) is 11.2. The topological polar surface area (TPSA) is 79.3 Å². The number of carbonyl (C=O) groups excluding carboxylic acids is 2. The maximum Gasteiger partial charge on any atom is 0.295 e. The van der Waals surface area contributed by atoms with Crippen LogP contribution < -0.4 is 4.74 Å². The SMILES string of the molecule is C=CCOc1ccc(/C(O)=C2\C(=O)C(=O)N(CCCN3CCOCC3)[C@@H]2c2ccccc2)cc1. The summed E-state index contributed by atoms with van der Waals surface area (Å²) in [6, 6.07) is 15.5. The van der Waals surface area contributed by atoms with E-state index in [1.54, 1.807) is 35.2 Å². The fraction of sp³-hybridized carbons (Fsp3) is 0.333. The van der Waals surface area contributed by atoms with Crippen LogP contribution in [0.15, 0.2) is 72.8 Å². The molecule has 1 atom stereocenters. The van der Waals surface area contributed by atoms with Crippen LogP contribution in [0.25, 0.3) is 5.76 Å². The number of likely N-dealkylation sites (tertiary alicyclic amines) is 1. The molecule has 2 saturated heterocycles. The van der Waals surface area contributed by atoms with Crippen LogP contribution in [0.5, 0.6) is 5.75 Å². The quantitative estimate of drug-likeness (QED) is 0.266. The molecule has 0 saturated carbocycles. The van der Waals surface area contributed by atoms with Crippen molar-refractivity contribution in [2.45, 2.75) is 12.5 Å². The van der Waals surface area contributed by atoms with Gasteiger partial charge in [0.15, 0.2) is 0 Å². The van der Waals surface area contributed by atoms with E-state index in [9.17, 15) is 14.7 Å². The zero-order valence-corrected chi connectivity index (χ0v) is 19.2. The Bertz CT molecular complexity index is 1040. The van der Waals surface area contributed by atoms with Crippen molar-refractivity contribution in [2.24, 2.45) is 0 Å². The summed E-state index contributed by atoms with van der Waals surface area (Å²) in [5.74, 6) is -0.800. The predicted molar refractivity (Wildman–Crippen MR) is 129 cm³/mol. The number of benzene rings is 2. The molecule has 0 aromatic heterocycles. The lowest BCUT2D eigenvalue weighted by molar-refractivity contribution is -0.140. The number of nitrogens with zero attached hydrogens (tertiary/aromatic N) is 2. The van der Waals surface area contributed by atoms with Crippen molar-refractivity contribution in [1.82, 2.24) is 9.80 Å². The molecule has 1 N–H and O–H groups in total. The number of aliphatic hydroxyl groups excluding tert-OH is 1. The Morgan fingerprint density at radius 3 is 2.44 bits per heavy atom. The van der Waals surface area contributed by atoms with Crippen LogP contribution in [0.2, 0.25) is 0 Å². The van der Waals surface area contributed by atoms with Crippen molar-refractivity contribution in [2.75, 3.05) is 46.0 Å². The first kappa shape index (κ1) is 23.7. The Hall–Kier alpha value is -3.42. The molecule has 1 amide bonds. The molecular weight excluding hydrogens is 432 g/mol. The molecule has 2 aromatic rings. The van der Waals surface area contributed by atoms with Crippen molar-refractivity contribution >= 4 is 17.4 Å². The molecule has 2 heterocycles. The minimum atomic E-state index is -0.662. The van der Waals surface area contributed by atoms with Gasteiger partial charge in [0.2, 0.25) is 0 Å². The number of Topliss-reactive ketones (excluding diaryl/α,β-unsaturated/α-hetero) is 1. The lowest BCUT2D eigenvalue weighted by Crippen LogP contribution is -2.38. The molecule has 0 aliphatic carbocycles. The number of aliphatic hydroxyl groups is 1. The lowest BCUT2D eigenvalue weighted by atomic mass is 9.95. The van der Waals surface area contributed by atoms with Gasteiger partial charge in [-0.15, -0.1) is 0 Å². The van der Waals surface area contributed by atoms with E-state index in [2.05, 4.69) is 11.5 Å². The fourth-order valence-electron chi connectivity index (χ4n) is 4.40. The van der Waals surface area contributed by atoms with Crippen LogP contribution in [-0.2, 0) is 14.3 Å². The van der Waals surface area contributed by atoms with Gasteiger partial charge in [-0.05, 0) is 36.2 Å². The molecule has 0 unspecified atom stereocenters. The van der Waals surface area contributed by atoms with Gasteiger partial charge in [-0.1, -0.05) is 43.0 Å². The van der Waals surface area contributed by atoms with Crippen molar-refractivity contribution in [3.05, 3.63) is 84.0 Å². The summed E-state index contributed by atoms with van der Waals surface area (Å²) < 4.78 is 10.9. The Kier molecular flexibility index (Phi) is 7.77. The fourth-order valence-corrected chi connectivity index (χ4v) is 4.40. The predicted octanol–water partition coefficient (Wildman–Crippen LogP) is 3.40. The normalized spacial score (nSPS) is 20.5. The first-order valence-corrected chi connectivity index (χ1v) is 11.6. The second-order valence-corrected chi connectivity index (χ2v) is 8.33. The molecule has 0 radical (unpaired) electrons. The maximum atomic E-state index is 13.1. The standard InChI is InChI=1S/C27H30N2O5/c1-2-17-34-22-11-9-21(10-12-22)25(30)23-24(20-7-4-3-5-8-20)29(27(32)26(23)31)14-6-13-28-15-18-33-19-16-28/h2-5,7-12,24,30H,1,6,13-19H2/b25-23+/t24-/m1/s1. The van der Waals surface area contributed by atoms with E-state index in [4.69, 9.17) is 9.47 Å². The first-order valence-electron chi connectivity index (χ1n) is 11.6. The van der Waals surface area contributed by atoms with Gasteiger partial charge in [-0.2, -0.15) is 0 Å². The number of rotatable bonds is 9. The monoisotopic (exact) mass is 462 g/mol. The summed E-state index contributed by atoms with van der Waals surface area (Å²) in [5.41, 5.74) is 1.36. The molecule has 34 heavy (non-hydrogen) atoms. The second kappa shape index (κ2) is 11.1. The van der Waals surface area contributed by atoms with Gasteiger partial charge in [0, 0.05) is 31.7 Å². The Morgan fingerprint density at radius 1 is 1.06 bits per heavy atom. The van der Waals surface area contributed by atoms with Gasteiger partial charge in [0.05, 0.1) is 24.8 Å². The van der Waals surface area contributed by atoms with Crippen LogP contribution >= 0.6 is 0 Å². The van der Waals surface area contributed by atoms with Gasteiger partial charge >= 0.3 is 0 Å². The number of hydrogen-bond acceptors (Lipinski definition) is 6. The van der Waals surface area contributed by atoms with Gasteiger partial charge in [0.1, 0.15) is 18.1 Å². The second-order valence-electron chi connectivity index (χ2n) is 8.33. The third kappa shape index (κ3) is 5.21. The van der Waals surface area contributed by atoms with E-state index in [1.807, 2.05) is 30.3 Å². The van der Waals surface area contributed by atoms with Crippen LogP contribution in [0, 0.1) is 0 Å². The molecule has 4 rings (SSSR count). The summed E-state index contributed by atoms with van der Waals surface area (Å²) in [7, 11) is 0. The third-order valence-electron chi connectivity index (χ3n) is 6.13. The van der Waals surface area contributed by atoms with E-state index in [0.29, 0.717) is 37.7 Å². The molecule has 2 aliphatic heterocycles. The van der Waals surface area contributed by atoms with Crippen LogP contribution in [0.4, 0.5) is 0 Å². The average Bonchev–Trinajstić information content (AvgIpc) is 3.13. The van der Waals surface area contributed by atoms with Gasteiger partial charge in [-0.25, -0.2) is 0 Å². The highest BCUT2D eigenvalue weighted by Crippen LogP contribution is 2.39. The van der Waals surface area contributed by atoms with Crippen molar-refractivity contribution in [3.63, 3.8) is 0 Å². The Morgan fingerprint density at radius 2 is 1.76 bits per heavy atom. The minimum Gasteiger partial charge on any atom is -0.507 e. The zero-order valence-electron chi connectivity index (χ0n) is 19.2. The van der Waals surface area contributed by atoms with Crippen molar-refractivity contribution < 1.29 is 24.2 Å². The maximum absolute atomic E-state index is 13.1. The van der Waals surface area contributed by atoms with Crippen LogP contribution in [-0.4, -0.2) is 72.6 Å². The van der Waals surface area contributed by atoms with Crippen molar-refractivity contribution in [3.8, 4) is 5.75 Å². The van der Waals surface area contributed by atoms with Crippen LogP contribution in [0.3, 0.4) is 0 Å². The van der Waals surface area contributed by atoms with Gasteiger partial charge < -0.3 is 19.5 Å². The summed E-state index contributed by atoms with van der Waals surface area (Å²) in [6.07, 6.45) is 2.38. The molecule has 2 fully saturated rings. The Labute approximate surface area is 199 Å². The Balaban J connectivity index is 1.61. The van der Waals surface area contributed by atoms with E-state index in [0.717, 1.165) is 31.6 Å². The molecule has 2 aliphatic rings. The van der Waals surface area contributed by atoms with Crippen LogP contribution in [0.1, 0.15) is 23.6 Å². The molecular formula is C27H30N2O5. The number of hydrogen-bond donors (Lipinski definition) is 1. The lowest BCUT2D eigenvalue weighted by Gasteiger charge is -2.29. The highest BCUT2D eigenvalue weighted by Gasteiger charge is 2.45. The van der Waals surface area contributed by atoms with Crippen molar-refractivity contribution in [1.29, 1.82) is 0 Å². The number of ether oxygens (including phenoxy) is 2. The van der Waals surface area contributed by atoms with Gasteiger partial charge in [-0.3, -0.25) is 14.5 Å². The molecule has 7 nitrogen and oxygen atoms in total. The summed E-state index contributed by atoms with van der Waals surface area (Å²) in [4.78, 5) is 30.1. The van der Waals surface area contributed by atoms with E-state index >= 15 is 0 Å². The zero-order chi connectivity index (χ0) is 23.9. The third-order valence-corrected chi connectivity index (χ3v) is 6.13. The molecule has 7 heteroatoms. The van der Waals surface area contributed by atoms with Gasteiger partial charge in [0.25, 0.3) is 11.7 Å². The number of carbonyl (C=O) groups is 2. The number of amides is 1. The average molecular weight is 463 g/mol. The summed E-state index contributed by atoms with van der Waals surface area (Å²) >= 11 is 0. The number of morpholine rings is 1. The van der Waals surface area contributed by atoms with E-state index in [1.165, 1.54) is 0 Å². The largest absolute Gasteiger partial charge is 0.507 e. The molecule has 178 valence electrons. The van der Waals surface area contributed by atoms with E-state index in [-0.39, 0.29) is 11.3 Å². The molecule has 2 aromatic carbocycles. The first-order chi connectivity index (χ1) is 16.6. The highest BCUT2D eigenvalue weighted by atomic mass is 16.5. The molecule has 0 spiro atoms. The smallest absolute Gasteiger partial charge is 0.295 e. The summed E-state index contributed by atoms with van der Waals surface area (Å²) in [6.45, 7) is 8.40. The number of ketones is 1. The molecule has 0 bridgehead atoms.